The average molecular weight is 673 g/mol. The van der Waals surface area contributed by atoms with Gasteiger partial charge in [-0.3, -0.25) is 0 Å². The van der Waals surface area contributed by atoms with E-state index >= 15 is 0 Å². The van der Waals surface area contributed by atoms with Gasteiger partial charge >= 0.3 is 0 Å². The molecule has 11 aromatic rings. The Morgan fingerprint density at radius 1 is 0.314 bits per heavy atom. The van der Waals surface area contributed by atoms with Gasteiger partial charge in [0.25, 0.3) is 0 Å². The molecule has 8 aromatic carbocycles. The molecule has 0 fully saturated rings. The Labute approximate surface area is 326 Å². The summed E-state index contributed by atoms with van der Waals surface area (Å²) in [5, 5.41) is -0.0976. The van der Waals surface area contributed by atoms with E-state index in [0.717, 1.165) is 10.6 Å². The molecular formula is C48H31N3. The number of benzene rings is 8. The molecule has 0 aliphatic heterocycles. The number of nitrogens with zero attached hydrogens (tertiary/aromatic N) is 3. The first-order valence-electron chi connectivity index (χ1n) is 27.2. The van der Waals surface area contributed by atoms with Crippen molar-refractivity contribution in [1.82, 2.24) is 13.7 Å². The molecule has 0 spiro atoms. The zero-order valence-corrected chi connectivity index (χ0v) is 26.0. The SMILES string of the molecule is [2H]c1cc(-c2c([2H])c([2H])c([2H])c(-n3c4c([2H])c([2H])c([2H])c([2H])c4c4c([2H])c(-n5c6ccccc6c6cc(-n7c8c([2H])c([2H])c([2H])c([2H])c8c8c([2H])c([2H])c([2H])c([2H])c87)ccc65)c([2H])c([2H])c43)c2[2H])c([2H])c([2H])c1[2H]. The van der Waals surface area contributed by atoms with Gasteiger partial charge in [0.1, 0.15) is 0 Å². The van der Waals surface area contributed by atoms with Gasteiger partial charge < -0.3 is 13.7 Å². The van der Waals surface area contributed by atoms with Crippen molar-refractivity contribution in [1.29, 1.82) is 0 Å². The van der Waals surface area contributed by atoms with Crippen LogP contribution in [0.1, 0.15) is 31.5 Å². The summed E-state index contributed by atoms with van der Waals surface area (Å²) in [6.07, 6.45) is 0. The minimum absolute atomic E-state index is 0.130. The summed E-state index contributed by atoms with van der Waals surface area (Å²) in [7, 11) is 0. The predicted molar refractivity (Wildman–Crippen MR) is 215 cm³/mol. The largest absolute Gasteiger partial charge is 0.309 e. The van der Waals surface area contributed by atoms with Gasteiger partial charge in [0.2, 0.25) is 0 Å². The molecule has 0 bridgehead atoms. The van der Waals surface area contributed by atoms with E-state index in [1.165, 1.54) is 15.2 Å². The highest BCUT2D eigenvalue weighted by atomic mass is 15.0. The summed E-state index contributed by atoms with van der Waals surface area (Å²) < 4.78 is 209. The van der Waals surface area contributed by atoms with E-state index < -0.39 is 161 Å². The van der Waals surface area contributed by atoms with Crippen molar-refractivity contribution in [3.63, 3.8) is 0 Å². The minimum atomic E-state index is -0.846. The van der Waals surface area contributed by atoms with Crippen LogP contribution in [0.25, 0.3) is 93.6 Å². The van der Waals surface area contributed by atoms with Crippen molar-refractivity contribution in [2.75, 3.05) is 0 Å². The molecule has 0 unspecified atom stereocenters. The van der Waals surface area contributed by atoms with E-state index in [9.17, 15) is 9.60 Å². The van der Waals surface area contributed by atoms with Gasteiger partial charge in [0.15, 0.2) is 0 Å². The highest BCUT2D eigenvalue weighted by molar-refractivity contribution is 6.14. The second-order valence-electron chi connectivity index (χ2n) is 11.6. The summed E-state index contributed by atoms with van der Waals surface area (Å²) >= 11 is 0. The lowest BCUT2D eigenvalue weighted by Crippen LogP contribution is -1.97. The standard InChI is InChI=1S/C48H31N3/c1-2-13-32(14-3-1)33-15-12-16-34(29-33)49-45-23-10-6-19-39(45)41-31-36(26-27-47(41)49)51-46-24-11-7-20-40(46)42-30-35(25-28-48(42)51)50-43-21-8-4-17-37(43)38-18-5-9-22-44(38)50/h1-31H/i1D,2D,3D,4D,5D,6D,8D,9D,10D,12D,13D,15D,16D,17D,18D,19D,21D,22D,23D,26D,27D,29D,31D. The van der Waals surface area contributed by atoms with Crippen LogP contribution >= 0.6 is 0 Å². The highest BCUT2D eigenvalue weighted by Crippen LogP contribution is 2.39. The van der Waals surface area contributed by atoms with E-state index in [1.807, 2.05) is 0 Å². The molecular weight excluding hydrogens is 619 g/mol. The first-order chi connectivity index (χ1) is 34.9. The van der Waals surface area contributed by atoms with E-state index in [1.54, 1.807) is 36.4 Å². The van der Waals surface area contributed by atoms with Crippen LogP contribution in [0.3, 0.4) is 0 Å². The normalized spacial score (nSPS) is 18.2. The second-order valence-corrected chi connectivity index (χ2v) is 11.6. The predicted octanol–water partition coefficient (Wildman–Crippen LogP) is 12.6. The van der Waals surface area contributed by atoms with Crippen LogP contribution in [0.15, 0.2) is 188 Å². The van der Waals surface area contributed by atoms with Gasteiger partial charge in [0, 0.05) is 49.4 Å². The van der Waals surface area contributed by atoms with Crippen molar-refractivity contribution in [2.24, 2.45) is 0 Å². The van der Waals surface area contributed by atoms with Crippen molar-refractivity contribution in [3.8, 4) is 28.2 Å². The molecule has 3 heteroatoms. The molecule has 11 rings (SSSR count). The zero-order valence-electron chi connectivity index (χ0n) is 49.0. The van der Waals surface area contributed by atoms with E-state index in [2.05, 4.69) is 0 Å². The topological polar surface area (TPSA) is 14.8 Å². The summed E-state index contributed by atoms with van der Waals surface area (Å²) in [6.45, 7) is 0. The fourth-order valence-electron chi connectivity index (χ4n) is 6.85. The quantitative estimate of drug-likeness (QED) is 0.177. The van der Waals surface area contributed by atoms with Gasteiger partial charge in [-0.2, -0.15) is 0 Å². The molecule has 238 valence electrons. The molecule has 3 nitrogen and oxygen atoms in total. The van der Waals surface area contributed by atoms with Crippen molar-refractivity contribution >= 4 is 65.4 Å². The van der Waals surface area contributed by atoms with Crippen LogP contribution in [0.2, 0.25) is 0 Å². The van der Waals surface area contributed by atoms with Crippen LogP contribution in [0.4, 0.5) is 0 Å². The fraction of sp³-hybridized carbons (Fsp3) is 0. The molecule has 0 amide bonds. The third-order valence-electron chi connectivity index (χ3n) is 8.97. The Kier molecular flexibility index (Phi) is 2.93. The molecule has 3 aromatic heterocycles. The molecule has 0 saturated carbocycles. The number of fused-ring (bicyclic) bond motifs is 9. The first-order valence-corrected chi connectivity index (χ1v) is 15.7. The Morgan fingerprint density at radius 2 is 0.902 bits per heavy atom. The van der Waals surface area contributed by atoms with Crippen LogP contribution in [-0.2, 0) is 0 Å². The number of rotatable bonds is 4. The third-order valence-corrected chi connectivity index (χ3v) is 8.97. The number of para-hydroxylation sites is 4. The lowest BCUT2D eigenvalue weighted by molar-refractivity contribution is 1.16. The summed E-state index contributed by atoms with van der Waals surface area (Å²) in [4.78, 5) is 0. The maximum absolute atomic E-state index is 10.0. The van der Waals surface area contributed by atoms with Crippen molar-refractivity contribution < 1.29 is 31.5 Å². The lowest BCUT2D eigenvalue weighted by atomic mass is 10.1. The third kappa shape index (κ3) is 4.12. The van der Waals surface area contributed by atoms with Crippen molar-refractivity contribution in [2.45, 2.75) is 0 Å². The van der Waals surface area contributed by atoms with Crippen molar-refractivity contribution in [3.05, 3.63) is 188 Å². The number of aromatic nitrogens is 3. The van der Waals surface area contributed by atoms with Crippen LogP contribution in [-0.4, -0.2) is 13.7 Å². The Morgan fingerprint density at radius 3 is 1.69 bits per heavy atom. The molecule has 0 aliphatic carbocycles. The minimum Gasteiger partial charge on any atom is -0.309 e. The lowest BCUT2D eigenvalue weighted by Gasteiger charge is -2.12. The Hall–Kier alpha value is -6.84. The zero-order chi connectivity index (χ0) is 53.5. The molecule has 0 N–H and O–H groups in total. The van der Waals surface area contributed by atoms with E-state index in [4.69, 9.17) is 21.9 Å². The first kappa shape index (κ1) is 13.8. The molecule has 0 aliphatic rings. The van der Waals surface area contributed by atoms with Crippen LogP contribution in [0.5, 0.6) is 0 Å². The molecule has 0 radical (unpaired) electrons. The Bertz CT molecular complexity index is 4400. The smallest absolute Gasteiger partial charge is 0.0652 e. The van der Waals surface area contributed by atoms with Gasteiger partial charge in [-0.05, 0) is 83.7 Å². The Balaban J connectivity index is 1.27. The number of hydrogen-bond acceptors (Lipinski definition) is 0. The highest BCUT2D eigenvalue weighted by Gasteiger charge is 2.18. The maximum Gasteiger partial charge on any atom is 0.0652 e. The average Bonchev–Trinajstić information content (AvgIpc) is 4.08. The fourth-order valence-corrected chi connectivity index (χ4v) is 6.85. The monoisotopic (exact) mass is 672 g/mol. The number of hydrogen-bond donors (Lipinski definition) is 0. The van der Waals surface area contributed by atoms with Gasteiger partial charge in [-0.1, -0.05) is 115 Å². The summed E-state index contributed by atoms with van der Waals surface area (Å²) in [6, 6.07) is -2.91. The summed E-state index contributed by atoms with van der Waals surface area (Å²) in [5.74, 6) is 0. The molecule has 3 heterocycles. The molecule has 51 heavy (non-hydrogen) atoms. The maximum atomic E-state index is 10.0. The van der Waals surface area contributed by atoms with Gasteiger partial charge in [-0.15, -0.1) is 0 Å². The summed E-state index contributed by atoms with van der Waals surface area (Å²) in [5.41, 5.74) is -2.17. The second kappa shape index (κ2) is 10.8. The van der Waals surface area contributed by atoms with Crippen LogP contribution in [0, 0.1) is 0 Å². The van der Waals surface area contributed by atoms with Gasteiger partial charge in [-0.25, -0.2) is 0 Å². The van der Waals surface area contributed by atoms with E-state index in [-0.39, 0.29) is 55.0 Å². The van der Waals surface area contributed by atoms with Crippen LogP contribution < -0.4 is 0 Å². The van der Waals surface area contributed by atoms with E-state index in [0.29, 0.717) is 16.3 Å². The molecule has 0 saturated heterocycles. The van der Waals surface area contributed by atoms with Gasteiger partial charge in [0.05, 0.1) is 64.6 Å². The molecule has 0 atom stereocenters.